The Morgan fingerprint density at radius 1 is 1.62 bits per heavy atom. The molecule has 1 aliphatic rings. The van der Waals surface area contributed by atoms with Crippen LogP contribution in [0.4, 0.5) is 0 Å². The molecule has 0 bridgehead atoms. The largest absolute Gasteiger partial charge is 0.299 e. The van der Waals surface area contributed by atoms with E-state index >= 15 is 0 Å². The van der Waals surface area contributed by atoms with Crippen LogP contribution in [0.2, 0.25) is 0 Å². The van der Waals surface area contributed by atoms with Crippen LogP contribution >= 0.6 is 12.4 Å². The van der Waals surface area contributed by atoms with Gasteiger partial charge in [-0.1, -0.05) is 6.92 Å². The molecule has 1 nitrogen and oxygen atoms in total. The van der Waals surface area contributed by atoms with E-state index in [0.717, 1.165) is 19.3 Å². The normalized spacial score (nSPS) is 27.6. The van der Waals surface area contributed by atoms with Crippen molar-refractivity contribution >= 4 is 18.2 Å². The van der Waals surface area contributed by atoms with E-state index in [4.69, 9.17) is 0 Å². The van der Waals surface area contributed by atoms with E-state index in [2.05, 4.69) is 0 Å². The Labute approximate surface area is 55.9 Å². The minimum absolute atomic E-state index is 0. The second-order valence-corrected chi connectivity index (χ2v) is 2.26. The number of ketones is 1. The maximum absolute atomic E-state index is 10.6. The fraction of sp³-hybridized carbons (Fsp3) is 0.833. The second kappa shape index (κ2) is 3.08. The van der Waals surface area contributed by atoms with Gasteiger partial charge >= 0.3 is 0 Å². The predicted octanol–water partition coefficient (Wildman–Crippen LogP) is 1.80. The number of carbonyl (C=O) groups is 1. The molecule has 0 amide bonds. The smallest absolute Gasteiger partial charge is 0.135 e. The van der Waals surface area contributed by atoms with Crippen molar-refractivity contribution < 1.29 is 4.79 Å². The van der Waals surface area contributed by atoms with Crippen molar-refractivity contribution in [2.75, 3.05) is 0 Å². The molecule has 0 aliphatic heterocycles. The van der Waals surface area contributed by atoms with Gasteiger partial charge in [0.2, 0.25) is 0 Å². The van der Waals surface area contributed by atoms with E-state index in [9.17, 15) is 4.79 Å². The third kappa shape index (κ3) is 1.48. The Balaban J connectivity index is 0.000000490. The molecule has 0 spiro atoms. The van der Waals surface area contributed by atoms with Crippen LogP contribution in [0.3, 0.4) is 0 Å². The molecule has 0 N–H and O–H groups in total. The van der Waals surface area contributed by atoms with Crippen molar-refractivity contribution in [3.63, 3.8) is 0 Å². The molecule has 1 unspecified atom stereocenters. The van der Waals surface area contributed by atoms with Gasteiger partial charge in [0.05, 0.1) is 0 Å². The van der Waals surface area contributed by atoms with Gasteiger partial charge in [0, 0.05) is 12.3 Å². The lowest BCUT2D eigenvalue weighted by Crippen LogP contribution is -1.98. The molecule has 1 saturated carbocycles. The monoisotopic (exact) mass is 134 g/mol. The Morgan fingerprint density at radius 2 is 2.25 bits per heavy atom. The highest BCUT2D eigenvalue weighted by atomic mass is 35.5. The zero-order valence-electron chi connectivity index (χ0n) is 5.02. The molecule has 2 heteroatoms. The summed E-state index contributed by atoms with van der Waals surface area (Å²) < 4.78 is 0. The van der Waals surface area contributed by atoms with Gasteiger partial charge in [-0.05, 0) is 12.8 Å². The molecule has 1 fully saturated rings. The van der Waals surface area contributed by atoms with Gasteiger partial charge < -0.3 is 0 Å². The molecule has 0 heterocycles. The van der Waals surface area contributed by atoms with Crippen LogP contribution in [-0.4, -0.2) is 5.78 Å². The summed E-state index contributed by atoms with van der Waals surface area (Å²) in [4.78, 5) is 10.6. The molecule has 0 saturated heterocycles. The predicted molar refractivity (Wildman–Crippen MR) is 35.3 cm³/mol. The van der Waals surface area contributed by atoms with Crippen molar-refractivity contribution in [3.8, 4) is 0 Å². The minimum atomic E-state index is 0. The van der Waals surface area contributed by atoms with Gasteiger partial charge in [0.15, 0.2) is 0 Å². The van der Waals surface area contributed by atoms with Crippen LogP contribution in [0, 0.1) is 5.92 Å². The summed E-state index contributed by atoms with van der Waals surface area (Å²) in [6.07, 6.45) is 3.08. The quantitative estimate of drug-likeness (QED) is 0.494. The molecule has 0 aromatic heterocycles. The number of carbonyl (C=O) groups excluding carboxylic acids is 1. The summed E-state index contributed by atoms with van der Waals surface area (Å²) in [7, 11) is 0. The molecule has 0 aromatic carbocycles. The van der Waals surface area contributed by atoms with Crippen LogP contribution < -0.4 is 0 Å². The first-order valence-electron chi connectivity index (χ1n) is 2.83. The summed E-state index contributed by atoms with van der Waals surface area (Å²) in [6, 6.07) is 0. The van der Waals surface area contributed by atoms with E-state index in [1.807, 2.05) is 6.92 Å². The van der Waals surface area contributed by atoms with Crippen LogP contribution in [0.5, 0.6) is 0 Å². The average Bonchev–Trinajstić information content (AvgIpc) is 1.91. The molecule has 48 valence electrons. The Bertz CT molecular complexity index is 90.5. The van der Waals surface area contributed by atoms with E-state index in [-0.39, 0.29) is 12.4 Å². The first-order chi connectivity index (χ1) is 3.30. The van der Waals surface area contributed by atoms with Gasteiger partial charge in [-0.2, -0.15) is 0 Å². The van der Waals surface area contributed by atoms with Crippen molar-refractivity contribution in [2.24, 2.45) is 5.92 Å². The van der Waals surface area contributed by atoms with Gasteiger partial charge in [-0.25, -0.2) is 0 Å². The SMILES string of the molecule is CC1CCCC1=O.Cl. The molecule has 0 radical (unpaired) electrons. The fourth-order valence-corrected chi connectivity index (χ4v) is 0.990. The Kier molecular flexibility index (Phi) is 3.06. The van der Waals surface area contributed by atoms with Crippen LogP contribution in [0.15, 0.2) is 0 Å². The molecule has 1 atom stereocenters. The van der Waals surface area contributed by atoms with Crippen LogP contribution in [0.1, 0.15) is 26.2 Å². The number of Topliss-reactive ketones (excluding diaryl/α,β-unsaturated/α-hetero) is 1. The third-order valence-electron chi connectivity index (χ3n) is 1.61. The van der Waals surface area contributed by atoms with Crippen molar-refractivity contribution in [2.45, 2.75) is 26.2 Å². The standard InChI is InChI=1S/C6H10O.ClH/c1-5-3-2-4-6(5)7;/h5H,2-4H2,1H3;1H. The lowest BCUT2D eigenvalue weighted by Gasteiger charge is -1.91. The zero-order valence-corrected chi connectivity index (χ0v) is 5.83. The topological polar surface area (TPSA) is 17.1 Å². The Morgan fingerprint density at radius 3 is 2.38 bits per heavy atom. The van der Waals surface area contributed by atoms with Crippen molar-refractivity contribution in [1.29, 1.82) is 0 Å². The van der Waals surface area contributed by atoms with Gasteiger partial charge in [0.1, 0.15) is 5.78 Å². The maximum atomic E-state index is 10.6. The van der Waals surface area contributed by atoms with E-state index < -0.39 is 0 Å². The molecule has 1 aliphatic carbocycles. The van der Waals surface area contributed by atoms with Crippen LogP contribution in [0.25, 0.3) is 0 Å². The zero-order chi connectivity index (χ0) is 5.28. The van der Waals surface area contributed by atoms with Gasteiger partial charge in [0.25, 0.3) is 0 Å². The van der Waals surface area contributed by atoms with Gasteiger partial charge in [-0.15, -0.1) is 12.4 Å². The molecule has 1 rings (SSSR count). The highest BCUT2D eigenvalue weighted by Crippen LogP contribution is 2.19. The molecule has 8 heavy (non-hydrogen) atoms. The average molecular weight is 135 g/mol. The summed E-state index contributed by atoms with van der Waals surface area (Å²) >= 11 is 0. The van der Waals surface area contributed by atoms with Crippen molar-refractivity contribution in [1.82, 2.24) is 0 Å². The highest BCUT2D eigenvalue weighted by Gasteiger charge is 2.18. The van der Waals surface area contributed by atoms with Crippen LogP contribution in [-0.2, 0) is 4.79 Å². The number of hydrogen-bond acceptors (Lipinski definition) is 1. The maximum Gasteiger partial charge on any atom is 0.135 e. The third-order valence-corrected chi connectivity index (χ3v) is 1.61. The number of halogens is 1. The number of rotatable bonds is 0. The minimum Gasteiger partial charge on any atom is -0.299 e. The van der Waals surface area contributed by atoms with E-state index in [1.54, 1.807) is 0 Å². The lowest BCUT2D eigenvalue weighted by molar-refractivity contribution is -0.120. The molecular weight excluding hydrogens is 124 g/mol. The number of hydrogen-bond donors (Lipinski definition) is 0. The lowest BCUT2D eigenvalue weighted by atomic mass is 10.1. The molecule has 0 aromatic rings. The fourth-order valence-electron chi connectivity index (χ4n) is 0.990. The summed E-state index contributed by atoms with van der Waals surface area (Å²) in [5.74, 6) is 0.833. The highest BCUT2D eigenvalue weighted by molar-refractivity contribution is 5.85. The first-order valence-corrected chi connectivity index (χ1v) is 2.83. The molecular formula is C6H11ClO. The van der Waals surface area contributed by atoms with Gasteiger partial charge in [-0.3, -0.25) is 4.79 Å². The van der Waals surface area contributed by atoms with E-state index in [0.29, 0.717) is 11.7 Å². The van der Waals surface area contributed by atoms with E-state index in [1.165, 1.54) is 0 Å². The summed E-state index contributed by atoms with van der Waals surface area (Å²) in [5.41, 5.74) is 0. The summed E-state index contributed by atoms with van der Waals surface area (Å²) in [5, 5.41) is 0. The van der Waals surface area contributed by atoms with Crippen molar-refractivity contribution in [3.05, 3.63) is 0 Å². The second-order valence-electron chi connectivity index (χ2n) is 2.26. The Hall–Kier alpha value is -0.0400. The first kappa shape index (κ1) is 7.96. The summed E-state index contributed by atoms with van der Waals surface area (Å²) in [6.45, 7) is 2.01.